The summed E-state index contributed by atoms with van der Waals surface area (Å²) in [4.78, 5) is 13.5. The van der Waals surface area contributed by atoms with Gasteiger partial charge in [-0.15, -0.1) is 0 Å². The monoisotopic (exact) mass is 397 g/mol. The van der Waals surface area contributed by atoms with E-state index >= 15 is 0 Å². The predicted molar refractivity (Wildman–Crippen MR) is 98.2 cm³/mol. The van der Waals surface area contributed by atoms with Gasteiger partial charge in [0.25, 0.3) is 5.91 Å². The van der Waals surface area contributed by atoms with Crippen molar-refractivity contribution in [3.8, 4) is 0 Å². The number of sulfonamides is 1. The summed E-state index contributed by atoms with van der Waals surface area (Å²) in [6.07, 6.45) is 0. The van der Waals surface area contributed by atoms with Gasteiger partial charge >= 0.3 is 0 Å². The molecule has 1 heterocycles. The van der Waals surface area contributed by atoms with Crippen LogP contribution in [0.25, 0.3) is 0 Å². The zero-order valence-electron chi connectivity index (χ0n) is 16.3. The Kier molecular flexibility index (Phi) is 5.77. The van der Waals surface area contributed by atoms with E-state index in [4.69, 9.17) is 4.52 Å². The number of amides is 1. The van der Waals surface area contributed by atoms with Crippen LogP contribution in [0.3, 0.4) is 0 Å². The van der Waals surface area contributed by atoms with Gasteiger partial charge in [-0.2, -0.15) is 0 Å². The Bertz CT molecular complexity index is 942. The normalized spacial score (nSPS) is 12.3. The second kappa shape index (κ2) is 7.40. The molecule has 9 heteroatoms. The van der Waals surface area contributed by atoms with Crippen molar-refractivity contribution >= 4 is 15.9 Å². The molecule has 0 aliphatic carbocycles. The second-order valence-corrected chi connectivity index (χ2v) is 9.12. The molecule has 2 rings (SSSR count). The fourth-order valence-electron chi connectivity index (χ4n) is 2.56. The summed E-state index contributed by atoms with van der Waals surface area (Å²) >= 11 is 0. The average molecular weight is 397 g/mol. The highest BCUT2D eigenvalue weighted by atomic mass is 32.2. The van der Waals surface area contributed by atoms with Crippen LogP contribution in [0.5, 0.6) is 0 Å². The van der Waals surface area contributed by atoms with E-state index in [2.05, 4.69) is 9.88 Å². The van der Waals surface area contributed by atoms with Crippen LogP contribution >= 0.6 is 0 Å². The molecule has 1 N–H and O–H groups in total. The Labute approximate surface area is 158 Å². The summed E-state index contributed by atoms with van der Waals surface area (Å²) in [6.45, 7) is 8.69. The molecule has 1 amide bonds. The van der Waals surface area contributed by atoms with Crippen molar-refractivity contribution in [2.45, 2.75) is 51.6 Å². The zero-order valence-corrected chi connectivity index (χ0v) is 17.1. The fraction of sp³-hybridized carbons (Fsp3) is 0.444. The van der Waals surface area contributed by atoms with Gasteiger partial charge in [-0.05, 0) is 52.8 Å². The smallest absolute Gasteiger partial charge is 0.253 e. The van der Waals surface area contributed by atoms with Crippen molar-refractivity contribution in [3.63, 3.8) is 0 Å². The van der Waals surface area contributed by atoms with Crippen molar-refractivity contribution in [2.24, 2.45) is 0 Å². The van der Waals surface area contributed by atoms with Gasteiger partial charge in [-0.25, -0.2) is 17.5 Å². The van der Waals surface area contributed by atoms with E-state index in [0.29, 0.717) is 11.5 Å². The van der Waals surface area contributed by atoms with Crippen molar-refractivity contribution in [1.29, 1.82) is 0 Å². The first-order valence-corrected chi connectivity index (χ1v) is 9.81. The summed E-state index contributed by atoms with van der Waals surface area (Å²) in [7, 11) is -2.55. The zero-order chi connectivity index (χ0) is 20.6. The third-order valence-electron chi connectivity index (χ3n) is 3.83. The molecule has 0 saturated heterocycles. The van der Waals surface area contributed by atoms with Gasteiger partial charge in [0.05, 0.1) is 12.2 Å². The molecule has 0 aliphatic heterocycles. The van der Waals surface area contributed by atoms with Crippen LogP contribution in [0.2, 0.25) is 0 Å². The maximum absolute atomic E-state index is 14.2. The molecular formula is C18H24FN3O4S. The van der Waals surface area contributed by atoms with E-state index in [0.717, 1.165) is 17.7 Å². The number of carbonyl (C=O) groups excluding carboxylic acids is 1. The van der Waals surface area contributed by atoms with E-state index in [1.807, 2.05) is 0 Å². The maximum Gasteiger partial charge on any atom is 0.253 e. The Hall–Kier alpha value is -2.26. The molecule has 2 aromatic rings. The van der Waals surface area contributed by atoms with Crippen LogP contribution in [0.15, 0.2) is 27.6 Å². The Morgan fingerprint density at radius 3 is 2.44 bits per heavy atom. The van der Waals surface area contributed by atoms with Gasteiger partial charge in [0.1, 0.15) is 16.5 Å². The highest BCUT2D eigenvalue weighted by Crippen LogP contribution is 2.21. The molecule has 148 valence electrons. The number of hydrogen-bond acceptors (Lipinski definition) is 5. The van der Waals surface area contributed by atoms with Crippen molar-refractivity contribution in [3.05, 3.63) is 46.6 Å². The largest absolute Gasteiger partial charge is 0.361 e. The number of halogens is 1. The minimum Gasteiger partial charge on any atom is -0.361 e. The highest BCUT2D eigenvalue weighted by Gasteiger charge is 2.27. The lowest BCUT2D eigenvalue weighted by atomic mass is 10.1. The van der Waals surface area contributed by atoms with E-state index in [1.165, 1.54) is 11.0 Å². The molecule has 0 saturated carbocycles. The van der Waals surface area contributed by atoms with Gasteiger partial charge in [0, 0.05) is 23.7 Å². The van der Waals surface area contributed by atoms with Gasteiger partial charge in [-0.3, -0.25) is 4.79 Å². The summed E-state index contributed by atoms with van der Waals surface area (Å²) < 4.78 is 46.5. The Morgan fingerprint density at radius 2 is 1.93 bits per heavy atom. The summed E-state index contributed by atoms with van der Waals surface area (Å²) in [6, 6.07) is 3.29. The van der Waals surface area contributed by atoms with Crippen LogP contribution in [0.1, 0.15) is 48.1 Å². The summed E-state index contributed by atoms with van der Waals surface area (Å²) in [5.41, 5.74) is 0.727. The van der Waals surface area contributed by atoms with E-state index in [9.17, 15) is 17.6 Å². The van der Waals surface area contributed by atoms with Gasteiger partial charge < -0.3 is 9.42 Å². The predicted octanol–water partition coefficient (Wildman–Crippen LogP) is 2.78. The minimum absolute atomic E-state index is 0.0694. The maximum atomic E-state index is 14.2. The lowest BCUT2D eigenvalue weighted by molar-refractivity contribution is 0.0784. The van der Waals surface area contributed by atoms with Crippen LogP contribution in [-0.4, -0.2) is 37.0 Å². The average Bonchev–Trinajstić information content (AvgIpc) is 2.84. The Balaban J connectivity index is 2.33. The topological polar surface area (TPSA) is 92.5 Å². The molecule has 7 nitrogen and oxygen atoms in total. The molecule has 0 radical (unpaired) electrons. The molecule has 1 aromatic heterocycles. The minimum atomic E-state index is -4.11. The number of aromatic nitrogens is 1. The molecule has 0 atom stereocenters. The van der Waals surface area contributed by atoms with Gasteiger partial charge in [0.15, 0.2) is 0 Å². The van der Waals surface area contributed by atoms with E-state index < -0.39 is 32.2 Å². The molecule has 27 heavy (non-hydrogen) atoms. The summed E-state index contributed by atoms with van der Waals surface area (Å²) in [5.74, 6) is -0.761. The van der Waals surface area contributed by atoms with Crippen LogP contribution in [0, 0.1) is 19.7 Å². The molecule has 0 fully saturated rings. The number of nitrogens with one attached hydrogen (secondary N) is 1. The molecule has 0 unspecified atom stereocenters. The molecule has 0 spiro atoms. The summed E-state index contributed by atoms with van der Waals surface area (Å²) in [5, 5.41) is 3.84. The van der Waals surface area contributed by atoms with E-state index in [-0.39, 0.29) is 12.1 Å². The highest BCUT2D eigenvalue weighted by molar-refractivity contribution is 7.89. The number of aryl methyl sites for hydroxylation is 2. The lowest BCUT2D eigenvalue weighted by Gasteiger charge is -2.21. The second-order valence-electron chi connectivity index (χ2n) is 7.46. The van der Waals surface area contributed by atoms with Crippen LogP contribution < -0.4 is 4.72 Å². The molecule has 0 aliphatic rings. The molecule has 0 bridgehead atoms. The first kappa shape index (κ1) is 21.0. The fourth-order valence-corrected chi connectivity index (χ4v) is 4.08. The molecular weight excluding hydrogens is 373 g/mol. The first-order valence-electron chi connectivity index (χ1n) is 8.32. The quantitative estimate of drug-likeness (QED) is 0.837. The van der Waals surface area contributed by atoms with Crippen molar-refractivity contribution in [1.82, 2.24) is 14.8 Å². The number of hydrogen-bond donors (Lipinski definition) is 1. The number of benzene rings is 1. The Morgan fingerprint density at radius 1 is 1.30 bits per heavy atom. The number of rotatable bonds is 5. The van der Waals surface area contributed by atoms with Crippen LogP contribution in [-0.2, 0) is 16.6 Å². The van der Waals surface area contributed by atoms with Crippen LogP contribution in [0.4, 0.5) is 4.39 Å². The lowest BCUT2D eigenvalue weighted by Crippen LogP contribution is -2.40. The number of nitrogens with zero attached hydrogens (tertiary/aromatic N) is 2. The SMILES string of the molecule is Cc1noc(C)c1CN(C)C(=O)c1ccc(F)c(S(=O)(=O)NC(C)(C)C)c1. The van der Waals surface area contributed by atoms with Gasteiger partial charge in [0.2, 0.25) is 10.0 Å². The standard InChI is InChI=1S/C18H24FN3O4S/c1-11-14(12(2)26-20-11)10-22(6)17(23)13-7-8-15(19)16(9-13)27(24,25)21-18(3,4)5/h7-9,21H,10H2,1-6H3. The van der Waals surface area contributed by atoms with Gasteiger partial charge in [-0.1, -0.05) is 5.16 Å². The van der Waals surface area contributed by atoms with Crippen molar-refractivity contribution < 1.29 is 22.1 Å². The third kappa shape index (κ3) is 4.92. The first-order chi connectivity index (χ1) is 12.3. The van der Waals surface area contributed by atoms with E-state index in [1.54, 1.807) is 41.7 Å². The third-order valence-corrected chi connectivity index (χ3v) is 5.60. The number of carbonyl (C=O) groups is 1. The van der Waals surface area contributed by atoms with Crippen molar-refractivity contribution in [2.75, 3.05) is 7.05 Å². The molecule has 1 aromatic carbocycles.